The highest BCUT2D eigenvalue weighted by Crippen LogP contribution is 2.30. The van der Waals surface area contributed by atoms with Crippen molar-refractivity contribution in [2.24, 2.45) is 0 Å². The number of Topliss-reactive ketones (excluding diaryl/α,β-unsaturated/α-hetero) is 1. The third kappa shape index (κ3) is 3.04. The Labute approximate surface area is 111 Å². The van der Waals surface area contributed by atoms with Crippen LogP contribution in [0.3, 0.4) is 0 Å². The lowest BCUT2D eigenvalue weighted by Gasteiger charge is -2.10. The first-order valence-electron chi connectivity index (χ1n) is 5.82. The van der Waals surface area contributed by atoms with E-state index in [1.165, 1.54) is 6.92 Å². The van der Waals surface area contributed by atoms with Gasteiger partial charge < -0.3 is 15.2 Å². The van der Waals surface area contributed by atoms with Gasteiger partial charge in [0.05, 0.1) is 12.8 Å². The zero-order valence-electron chi connectivity index (χ0n) is 10.8. The molecule has 2 N–H and O–H groups in total. The second-order valence-electron chi connectivity index (χ2n) is 4.09. The fourth-order valence-corrected chi connectivity index (χ4v) is 1.65. The fourth-order valence-electron chi connectivity index (χ4n) is 1.65. The maximum atomic E-state index is 11.2. The zero-order valence-corrected chi connectivity index (χ0v) is 10.8. The van der Waals surface area contributed by atoms with Crippen molar-refractivity contribution in [2.45, 2.75) is 6.92 Å². The number of rotatable bonds is 4. The third-order valence-electron chi connectivity index (χ3n) is 2.69. The van der Waals surface area contributed by atoms with Gasteiger partial charge in [0.2, 0.25) is 0 Å². The Hall–Kier alpha value is -2.49. The number of carbonyl (C=O) groups is 1. The van der Waals surface area contributed by atoms with E-state index in [1.54, 1.807) is 37.4 Å². The monoisotopic (exact) mass is 257 g/mol. The molecule has 0 aliphatic carbocycles. The van der Waals surface area contributed by atoms with E-state index in [2.05, 4.69) is 0 Å². The van der Waals surface area contributed by atoms with Crippen LogP contribution in [-0.2, 0) is 0 Å². The van der Waals surface area contributed by atoms with E-state index < -0.39 is 0 Å². The average Bonchev–Trinajstić information content (AvgIpc) is 2.41. The first-order chi connectivity index (χ1) is 9.10. The van der Waals surface area contributed by atoms with Gasteiger partial charge in [0.15, 0.2) is 5.78 Å². The molecular weight excluding hydrogens is 242 g/mol. The third-order valence-corrected chi connectivity index (χ3v) is 2.69. The van der Waals surface area contributed by atoms with Gasteiger partial charge in [-0.1, -0.05) is 6.07 Å². The van der Waals surface area contributed by atoms with E-state index in [9.17, 15) is 4.79 Å². The average molecular weight is 257 g/mol. The van der Waals surface area contributed by atoms with Crippen molar-refractivity contribution in [3.05, 3.63) is 48.0 Å². The molecule has 0 spiro atoms. The van der Waals surface area contributed by atoms with Crippen LogP contribution in [0.1, 0.15) is 17.3 Å². The summed E-state index contributed by atoms with van der Waals surface area (Å²) >= 11 is 0. The molecule has 0 aliphatic rings. The number of methoxy groups -OCH3 is 1. The number of carbonyl (C=O) groups excluding carboxylic acids is 1. The van der Waals surface area contributed by atoms with Gasteiger partial charge in [-0.15, -0.1) is 0 Å². The Kier molecular flexibility index (Phi) is 3.71. The molecule has 0 amide bonds. The molecule has 0 aliphatic heterocycles. The molecule has 98 valence electrons. The molecule has 0 bridgehead atoms. The number of anilines is 1. The normalized spacial score (nSPS) is 10.0. The van der Waals surface area contributed by atoms with E-state index in [1.807, 2.05) is 12.1 Å². The van der Waals surface area contributed by atoms with Crippen LogP contribution in [-0.4, -0.2) is 12.9 Å². The van der Waals surface area contributed by atoms with Crippen LogP contribution in [0.4, 0.5) is 5.69 Å². The molecule has 2 aromatic carbocycles. The standard InChI is InChI=1S/C15H15NO3/c1-10(17)11-6-7-15(14(16)8-11)19-13-5-3-4-12(9-13)18-2/h3-9H,16H2,1-2H3. The molecule has 2 aromatic rings. The summed E-state index contributed by atoms with van der Waals surface area (Å²) in [5, 5.41) is 0. The minimum atomic E-state index is -0.0281. The smallest absolute Gasteiger partial charge is 0.159 e. The van der Waals surface area contributed by atoms with Gasteiger partial charge in [0.25, 0.3) is 0 Å². The lowest BCUT2D eigenvalue weighted by molar-refractivity contribution is 0.101. The quantitative estimate of drug-likeness (QED) is 0.674. The number of benzene rings is 2. The van der Waals surface area contributed by atoms with Crippen LogP contribution in [0.5, 0.6) is 17.2 Å². The molecule has 0 saturated heterocycles. The van der Waals surface area contributed by atoms with Gasteiger partial charge in [-0.25, -0.2) is 0 Å². The van der Waals surface area contributed by atoms with Gasteiger partial charge in [0.1, 0.15) is 17.2 Å². The van der Waals surface area contributed by atoms with Crippen molar-refractivity contribution < 1.29 is 14.3 Å². The lowest BCUT2D eigenvalue weighted by atomic mass is 10.1. The SMILES string of the molecule is COc1cccc(Oc2ccc(C(C)=O)cc2N)c1. The molecule has 0 unspecified atom stereocenters. The first-order valence-corrected chi connectivity index (χ1v) is 5.82. The molecule has 0 saturated carbocycles. The van der Waals surface area contributed by atoms with Crippen LogP contribution in [0.2, 0.25) is 0 Å². The molecule has 4 heteroatoms. The van der Waals surface area contributed by atoms with Gasteiger partial charge in [-0.05, 0) is 37.3 Å². The maximum absolute atomic E-state index is 11.2. The molecule has 0 fully saturated rings. The Bertz CT molecular complexity index is 608. The number of ketones is 1. The number of nitrogens with two attached hydrogens (primary N) is 1. The van der Waals surface area contributed by atoms with Crippen molar-refractivity contribution in [2.75, 3.05) is 12.8 Å². The summed E-state index contributed by atoms with van der Waals surface area (Å²) in [7, 11) is 1.59. The highest BCUT2D eigenvalue weighted by atomic mass is 16.5. The van der Waals surface area contributed by atoms with Gasteiger partial charge in [-0.2, -0.15) is 0 Å². The Morgan fingerprint density at radius 1 is 1.11 bits per heavy atom. The van der Waals surface area contributed by atoms with Crippen LogP contribution in [0, 0.1) is 0 Å². The summed E-state index contributed by atoms with van der Waals surface area (Å²) in [5.74, 6) is 1.82. The summed E-state index contributed by atoms with van der Waals surface area (Å²) in [6, 6.07) is 12.2. The Morgan fingerprint density at radius 3 is 2.47 bits per heavy atom. The van der Waals surface area contributed by atoms with E-state index in [0.29, 0.717) is 28.5 Å². The topological polar surface area (TPSA) is 61.5 Å². The summed E-state index contributed by atoms with van der Waals surface area (Å²) in [6.07, 6.45) is 0. The van der Waals surface area contributed by atoms with Crippen molar-refractivity contribution in [3.63, 3.8) is 0 Å². The second-order valence-corrected chi connectivity index (χ2v) is 4.09. The summed E-state index contributed by atoms with van der Waals surface area (Å²) in [6.45, 7) is 1.50. The van der Waals surface area contributed by atoms with E-state index in [-0.39, 0.29) is 5.78 Å². The molecule has 19 heavy (non-hydrogen) atoms. The maximum Gasteiger partial charge on any atom is 0.159 e. The highest BCUT2D eigenvalue weighted by molar-refractivity contribution is 5.95. The van der Waals surface area contributed by atoms with Crippen LogP contribution in [0.15, 0.2) is 42.5 Å². The van der Waals surface area contributed by atoms with Crippen LogP contribution in [0.25, 0.3) is 0 Å². The number of nitrogen functional groups attached to an aromatic ring is 1. The second kappa shape index (κ2) is 5.44. The van der Waals surface area contributed by atoms with Crippen molar-refractivity contribution in [3.8, 4) is 17.2 Å². The minimum absolute atomic E-state index is 0.0281. The summed E-state index contributed by atoms with van der Waals surface area (Å²) in [4.78, 5) is 11.2. The van der Waals surface area contributed by atoms with Crippen molar-refractivity contribution >= 4 is 11.5 Å². The van der Waals surface area contributed by atoms with Crippen molar-refractivity contribution in [1.82, 2.24) is 0 Å². The Morgan fingerprint density at radius 2 is 1.84 bits per heavy atom. The highest BCUT2D eigenvalue weighted by Gasteiger charge is 2.06. The fraction of sp³-hybridized carbons (Fsp3) is 0.133. The summed E-state index contributed by atoms with van der Waals surface area (Å²) < 4.78 is 10.8. The van der Waals surface area contributed by atoms with E-state index >= 15 is 0 Å². The number of hydrogen-bond acceptors (Lipinski definition) is 4. The molecule has 0 aromatic heterocycles. The van der Waals surface area contributed by atoms with Gasteiger partial charge >= 0.3 is 0 Å². The molecule has 4 nitrogen and oxygen atoms in total. The lowest BCUT2D eigenvalue weighted by Crippen LogP contribution is -1.97. The van der Waals surface area contributed by atoms with Crippen LogP contribution >= 0.6 is 0 Å². The predicted molar refractivity (Wildman–Crippen MR) is 73.9 cm³/mol. The predicted octanol–water partition coefficient (Wildman–Crippen LogP) is 3.27. The van der Waals surface area contributed by atoms with Crippen molar-refractivity contribution in [1.29, 1.82) is 0 Å². The molecule has 0 radical (unpaired) electrons. The number of hydrogen-bond donors (Lipinski definition) is 1. The van der Waals surface area contributed by atoms with Gasteiger partial charge in [0, 0.05) is 11.6 Å². The largest absolute Gasteiger partial charge is 0.497 e. The molecule has 2 rings (SSSR count). The van der Waals surface area contributed by atoms with E-state index in [4.69, 9.17) is 15.2 Å². The van der Waals surface area contributed by atoms with E-state index in [0.717, 1.165) is 0 Å². The minimum Gasteiger partial charge on any atom is -0.497 e. The Balaban J connectivity index is 2.25. The number of ether oxygens (including phenoxy) is 2. The molecule has 0 heterocycles. The zero-order chi connectivity index (χ0) is 13.8. The van der Waals surface area contributed by atoms with Gasteiger partial charge in [-0.3, -0.25) is 4.79 Å². The summed E-state index contributed by atoms with van der Waals surface area (Å²) in [5.41, 5.74) is 6.86. The first kappa shape index (κ1) is 13.0. The van der Waals surface area contributed by atoms with Crippen LogP contribution < -0.4 is 15.2 Å². The molecule has 0 atom stereocenters. The molecular formula is C15H15NO3.